The zero-order valence-corrected chi connectivity index (χ0v) is 6.79. The highest BCUT2D eigenvalue weighted by Gasteiger charge is 2.05. The molecule has 2 aromatic heterocycles. The summed E-state index contributed by atoms with van der Waals surface area (Å²) in [6, 6.07) is 6.91. The Hall–Kier alpha value is -1.97. The molecule has 0 radical (unpaired) electrons. The number of rotatable bonds is 1. The van der Waals surface area contributed by atoms with Gasteiger partial charge < -0.3 is 5.11 Å². The summed E-state index contributed by atoms with van der Waals surface area (Å²) in [6.07, 6.45) is 5.02. The Bertz CT molecular complexity index is 403. The maximum absolute atomic E-state index is 10.9. The Morgan fingerprint density at radius 3 is 2.62 bits per heavy atom. The van der Waals surface area contributed by atoms with Gasteiger partial charge in [-0.3, -0.25) is 0 Å². The molecule has 0 amide bonds. The van der Waals surface area contributed by atoms with Gasteiger partial charge in [0.1, 0.15) is 6.20 Å². The van der Waals surface area contributed by atoms with Crippen LogP contribution in [0.15, 0.2) is 42.9 Å². The fraction of sp³-hybridized carbons (Fsp3) is 0. The molecule has 0 fully saturated rings. The van der Waals surface area contributed by atoms with Gasteiger partial charge in [0.05, 0.1) is 18.3 Å². The smallest absolute Gasteiger partial charge is 0.436 e. The van der Waals surface area contributed by atoms with E-state index in [2.05, 4.69) is 9.97 Å². The minimum atomic E-state index is -0.277. The van der Waals surface area contributed by atoms with Crippen LogP contribution in [-0.2, 0) is 0 Å². The zero-order chi connectivity index (χ0) is 9.10. The third kappa shape index (κ3) is 1.61. The van der Waals surface area contributed by atoms with Crippen LogP contribution in [0.3, 0.4) is 0 Å². The summed E-state index contributed by atoms with van der Waals surface area (Å²) >= 11 is 0. The minimum Gasteiger partial charge on any atom is -0.846 e. The van der Waals surface area contributed by atoms with Gasteiger partial charge in [-0.05, 0) is 12.1 Å². The van der Waals surface area contributed by atoms with Crippen LogP contribution in [0.1, 0.15) is 0 Å². The number of aromatic nitrogens is 3. The van der Waals surface area contributed by atoms with Gasteiger partial charge >= 0.3 is 5.95 Å². The molecule has 0 unspecified atom stereocenters. The van der Waals surface area contributed by atoms with Crippen LogP contribution in [0.5, 0.6) is 5.88 Å². The van der Waals surface area contributed by atoms with Crippen molar-refractivity contribution >= 4 is 0 Å². The third-order valence-corrected chi connectivity index (χ3v) is 1.56. The molecule has 4 nitrogen and oxygen atoms in total. The normalized spacial score (nSPS) is 9.85. The van der Waals surface area contributed by atoms with Crippen LogP contribution < -0.4 is 9.67 Å². The standard InChI is InChI=1S/C9H7N3O/c13-8-4-5-10-9(11-8)12-6-2-1-3-7-12/h1-7H. The fourth-order valence-electron chi connectivity index (χ4n) is 0.989. The number of pyridine rings is 1. The Balaban J connectivity index is 2.48. The molecule has 0 spiro atoms. The number of hydrogen-bond acceptors (Lipinski definition) is 3. The Morgan fingerprint density at radius 1 is 1.15 bits per heavy atom. The molecule has 0 aliphatic rings. The first-order chi connectivity index (χ1) is 6.36. The predicted molar refractivity (Wildman–Crippen MR) is 43.0 cm³/mol. The summed E-state index contributed by atoms with van der Waals surface area (Å²) in [4.78, 5) is 7.70. The molecular formula is C9H7N3O. The lowest BCUT2D eigenvalue weighted by Gasteiger charge is -1.97. The van der Waals surface area contributed by atoms with Crippen molar-refractivity contribution in [2.75, 3.05) is 0 Å². The van der Waals surface area contributed by atoms with Gasteiger partial charge in [0.25, 0.3) is 0 Å². The van der Waals surface area contributed by atoms with E-state index in [1.165, 1.54) is 12.3 Å². The van der Waals surface area contributed by atoms with Crippen molar-refractivity contribution in [1.29, 1.82) is 0 Å². The van der Waals surface area contributed by atoms with E-state index in [9.17, 15) is 5.11 Å². The second-order valence-electron chi connectivity index (χ2n) is 2.48. The fourth-order valence-corrected chi connectivity index (χ4v) is 0.989. The molecule has 0 aromatic carbocycles. The van der Waals surface area contributed by atoms with E-state index in [4.69, 9.17) is 0 Å². The first-order valence-electron chi connectivity index (χ1n) is 3.83. The molecule has 13 heavy (non-hydrogen) atoms. The van der Waals surface area contributed by atoms with Gasteiger partial charge in [-0.15, -0.1) is 0 Å². The van der Waals surface area contributed by atoms with Gasteiger partial charge in [0, 0.05) is 6.07 Å². The molecule has 2 rings (SSSR count). The molecule has 4 heteroatoms. The first kappa shape index (κ1) is 7.67. The Labute approximate surface area is 75.2 Å². The molecule has 0 atom stereocenters. The van der Waals surface area contributed by atoms with Crippen molar-refractivity contribution in [2.24, 2.45) is 0 Å². The van der Waals surface area contributed by atoms with Gasteiger partial charge in [0.15, 0.2) is 0 Å². The number of hydrogen-bond donors (Lipinski definition) is 0. The van der Waals surface area contributed by atoms with Crippen molar-refractivity contribution in [3.05, 3.63) is 42.9 Å². The molecule has 0 saturated heterocycles. The average molecular weight is 173 g/mol. The van der Waals surface area contributed by atoms with Crippen molar-refractivity contribution in [3.63, 3.8) is 0 Å². The molecule has 0 aliphatic carbocycles. The van der Waals surface area contributed by atoms with Crippen molar-refractivity contribution in [2.45, 2.75) is 0 Å². The van der Waals surface area contributed by atoms with Crippen LogP contribution in [0, 0.1) is 0 Å². The van der Waals surface area contributed by atoms with Gasteiger partial charge in [-0.2, -0.15) is 0 Å². The molecule has 2 aromatic rings. The molecule has 0 bridgehead atoms. The van der Waals surface area contributed by atoms with E-state index in [0.29, 0.717) is 5.95 Å². The van der Waals surface area contributed by atoms with Crippen LogP contribution >= 0.6 is 0 Å². The highest BCUT2D eigenvalue weighted by molar-refractivity contribution is 5.07. The number of nitrogens with zero attached hydrogens (tertiary/aromatic N) is 3. The van der Waals surface area contributed by atoms with Crippen LogP contribution in [0.25, 0.3) is 5.95 Å². The predicted octanol–water partition coefficient (Wildman–Crippen LogP) is -0.173. The SMILES string of the molecule is [O-]c1ccnc(-[n+]2ccccc2)n1. The third-order valence-electron chi connectivity index (χ3n) is 1.56. The van der Waals surface area contributed by atoms with E-state index in [0.717, 1.165) is 0 Å². The molecule has 0 saturated carbocycles. The molecule has 64 valence electrons. The topological polar surface area (TPSA) is 52.7 Å². The summed E-state index contributed by atoms with van der Waals surface area (Å²) in [5.41, 5.74) is 0. The van der Waals surface area contributed by atoms with E-state index in [1.54, 1.807) is 17.0 Å². The molecule has 2 heterocycles. The molecular weight excluding hydrogens is 166 g/mol. The van der Waals surface area contributed by atoms with E-state index < -0.39 is 0 Å². The van der Waals surface area contributed by atoms with Gasteiger partial charge in [-0.25, -0.2) is 4.57 Å². The maximum Gasteiger partial charge on any atom is 0.436 e. The first-order valence-corrected chi connectivity index (χ1v) is 3.83. The minimum absolute atomic E-state index is 0.277. The lowest BCUT2D eigenvalue weighted by molar-refractivity contribution is -0.604. The monoisotopic (exact) mass is 173 g/mol. The van der Waals surface area contributed by atoms with Crippen LogP contribution in [0.2, 0.25) is 0 Å². The van der Waals surface area contributed by atoms with E-state index >= 15 is 0 Å². The lowest BCUT2D eigenvalue weighted by Crippen LogP contribution is -2.32. The summed E-state index contributed by atoms with van der Waals surface area (Å²) in [5, 5.41) is 10.9. The van der Waals surface area contributed by atoms with Crippen molar-refractivity contribution in [1.82, 2.24) is 9.97 Å². The average Bonchev–Trinajstić information content (AvgIpc) is 2.19. The van der Waals surface area contributed by atoms with Gasteiger partial charge in [-0.1, -0.05) is 16.0 Å². The van der Waals surface area contributed by atoms with Crippen molar-refractivity contribution < 1.29 is 9.67 Å². The summed E-state index contributed by atoms with van der Waals surface area (Å²) < 4.78 is 1.68. The lowest BCUT2D eigenvalue weighted by atomic mass is 10.5. The van der Waals surface area contributed by atoms with Gasteiger partial charge in [0.2, 0.25) is 0 Å². The summed E-state index contributed by atoms with van der Waals surface area (Å²) in [6.45, 7) is 0. The quantitative estimate of drug-likeness (QED) is 0.562. The van der Waals surface area contributed by atoms with Crippen LogP contribution in [0.4, 0.5) is 0 Å². The Morgan fingerprint density at radius 2 is 1.92 bits per heavy atom. The van der Waals surface area contributed by atoms with E-state index in [1.807, 2.05) is 18.2 Å². The van der Waals surface area contributed by atoms with Crippen LogP contribution in [-0.4, -0.2) is 9.97 Å². The highest BCUT2D eigenvalue weighted by atomic mass is 16.3. The summed E-state index contributed by atoms with van der Waals surface area (Å²) in [5.74, 6) is 0.120. The van der Waals surface area contributed by atoms with Crippen molar-refractivity contribution in [3.8, 4) is 11.8 Å². The Kier molecular flexibility index (Phi) is 1.88. The zero-order valence-electron chi connectivity index (χ0n) is 6.79. The second kappa shape index (κ2) is 3.18. The summed E-state index contributed by atoms with van der Waals surface area (Å²) in [7, 11) is 0. The second-order valence-corrected chi connectivity index (χ2v) is 2.48. The highest BCUT2D eigenvalue weighted by Crippen LogP contribution is 1.96. The van der Waals surface area contributed by atoms with E-state index in [-0.39, 0.29) is 5.88 Å². The maximum atomic E-state index is 10.9. The largest absolute Gasteiger partial charge is 0.846 e. The molecule has 0 aliphatic heterocycles. The molecule has 0 N–H and O–H groups in total.